The molecule has 0 radical (unpaired) electrons. The van der Waals surface area contributed by atoms with Gasteiger partial charge in [0.25, 0.3) is 0 Å². The van der Waals surface area contributed by atoms with E-state index in [0.717, 1.165) is 16.7 Å². The van der Waals surface area contributed by atoms with E-state index in [0.29, 0.717) is 23.7 Å². The Bertz CT molecular complexity index is 1080. The minimum absolute atomic E-state index is 0.154. The number of nitrogens with zero attached hydrogens (tertiary/aromatic N) is 1. The van der Waals surface area contributed by atoms with Crippen molar-refractivity contribution < 1.29 is 14.0 Å². The monoisotopic (exact) mass is 498 g/mol. The topological polar surface area (TPSA) is 49.4 Å². The highest BCUT2D eigenvalue weighted by atomic mass is 35.5. The largest absolute Gasteiger partial charge is 0.355 e. The van der Waals surface area contributed by atoms with Gasteiger partial charge in [-0.1, -0.05) is 72.3 Å². The summed E-state index contributed by atoms with van der Waals surface area (Å²) in [6.45, 7) is 2.55. The number of halogens is 2. The van der Waals surface area contributed by atoms with Crippen LogP contribution >= 0.6 is 23.4 Å². The van der Waals surface area contributed by atoms with E-state index in [9.17, 15) is 14.0 Å². The molecule has 0 spiro atoms. The second-order valence-electron chi connectivity index (χ2n) is 7.83. The van der Waals surface area contributed by atoms with E-state index in [2.05, 4.69) is 5.32 Å². The van der Waals surface area contributed by atoms with Gasteiger partial charge < -0.3 is 10.2 Å². The van der Waals surface area contributed by atoms with Gasteiger partial charge in [-0.3, -0.25) is 9.59 Å². The SMILES string of the molecule is CCNC(=O)[C@@H](Cc1ccccc1)N(Cc1ccccc1Cl)C(=O)CSCc1ccc(F)cc1. The molecule has 0 heterocycles. The first-order valence-corrected chi connectivity index (χ1v) is 12.7. The molecule has 3 rings (SSSR count). The molecular formula is C27H28ClFN2O2S. The number of carbonyl (C=O) groups is 2. The van der Waals surface area contributed by atoms with Gasteiger partial charge in [0, 0.05) is 30.3 Å². The minimum Gasteiger partial charge on any atom is -0.355 e. The van der Waals surface area contributed by atoms with E-state index in [1.54, 1.807) is 23.1 Å². The molecule has 0 aromatic heterocycles. The third-order valence-corrected chi connectivity index (χ3v) is 6.69. The zero-order valence-electron chi connectivity index (χ0n) is 19.0. The maximum atomic E-state index is 13.5. The molecular weight excluding hydrogens is 471 g/mol. The molecule has 34 heavy (non-hydrogen) atoms. The van der Waals surface area contributed by atoms with Crippen LogP contribution in [0, 0.1) is 5.82 Å². The molecule has 0 bridgehead atoms. The lowest BCUT2D eigenvalue weighted by Crippen LogP contribution is -2.51. The molecule has 0 aliphatic carbocycles. The Morgan fingerprint density at radius 2 is 1.65 bits per heavy atom. The molecule has 0 unspecified atom stereocenters. The average Bonchev–Trinajstić information content (AvgIpc) is 2.84. The molecule has 3 aromatic carbocycles. The van der Waals surface area contributed by atoms with Crippen LogP contribution in [-0.2, 0) is 28.3 Å². The third-order valence-electron chi connectivity index (χ3n) is 5.33. The van der Waals surface area contributed by atoms with Gasteiger partial charge >= 0.3 is 0 Å². The number of benzene rings is 3. The van der Waals surface area contributed by atoms with Crippen LogP contribution < -0.4 is 5.32 Å². The van der Waals surface area contributed by atoms with Crippen molar-refractivity contribution in [2.45, 2.75) is 31.7 Å². The number of rotatable bonds is 11. The number of carbonyl (C=O) groups excluding carboxylic acids is 2. The zero-order valence-corrected chi connectivity index (χ0v) is 20.6. The molecule has 1 N–H and O–H groups in total. The highest BCUT2D eigenvalue weighted by Gasteiger charge is 2.30. The second-order valence-corrected chi connectivity index (χ2v) is 9.23. The van der Waals surface area contributed by atoms with Crippen LogP contribution in [0.5, 0.6) is 0 Å². The maximum Gasteiger partial charge on any atom is 0.243 e. The Kier molecular flexibility index (Phi) is 9.98. The summed E-state index contributed by atoms with van der Waals surface area (Å²) in [6, 6.07) is 22.6. The molecule has 3 aromatic rings. The summed E-state index contributed by atoms with van der Waals surface area (Å²) in [6.07, 6.45) is 0.394. The van der Waals surface area contributed by atoms with E-state index in [-0.39, 0.29) is 29.9 Å². The third kappa shape index (κ3) is 7.61. The molecule has 0 aliphatic rings. The molecule has 178 valence electrons. The minimum atomic E-state index is -0.683. The Labute approximate surface area is 209 Å². The smallest absolute Gasteiger partial charge is 0.243 e. The summed E-state index contributed by atoms with van der Waals surface area (Å²) in [5, 5.41) is 3.43. The van der Waals surface area contributed by atoms with Gasteiger partial charge in [0.2, 0.25) is 11.8 Å². The lowest BCUT2D eigenvalue weighted by Gasteiger charge is -2.31. The molecule has 0 saturated carbocycles. The van der Waals surface area contributed by atoms with Crippen molar-refractivity contribution in [2.24, 2.45) is 0 Å². The van der Waals surface area contributed by atoms with Crippen LogP contribution in [0.1, 0.15) is 23.6 Å². The van der Waals surface area contributed by atoms with Crippen molar-refractivity contribution in [1.29, 1.82) is 0 Å². The number of likely N-dealkylation sites (N-methyl/N-ethyl adjacent to an activating group) is 1. The highest BCUT2D eigenvalue weighted by molar-refractivity contribution is 7.99. The van der Waals surface area contributed by atoms with Crippen molar-refractivity contribution in [3.63, 3.8) is 0 Å². The van der Waals surface area contributed by atoms with Crippen LogP contribution in [-0.4, -0.2) is 35.1 Å². The second kappa shape index (κ2) is 13.2. The molecule has 4 nitrogen and oxygen atoms in total. The predicted molar refractivity (Wildman–Crippen MR) is 137 cm³/mol. The number of thioether (sulfide) groups is 1. The summed E-state index contributed by atoms with van der Waals surface area (Å²) in [5.74, 6) is 0.110. The standard InChI is InChI=1S/C27H28ClFN2O2S/c1-2-30-27(33)25(16-20-8-4-3-5-9-20)31(17-22-10-6-7-11-24(22)28)26(32)19-34-18-21-12-14-23(29)15-13-21/h3-15,25H,2,16-19H2,1H3,(H,30,33)/t25-/m1/s1. The fourth-order valence-corrected chi connectivity index (χ4v) is 4.64. The Balaban J connectivity index is 1.82. The first kappa shape index (κ1) is 25.8. The molecule has 1 atom stereocenters. The first-order chi connectivity index (χ1) is 16.5. The molecule has 0 fully saturated rings. The number of hydrogen-bond acceptors (Lipinski definition) is 3. The summed E-state index contributed by atoms with van der Waals surface area (Å²) in [7, 11) is 0. The molecule has 0 aliphatic heterocycles. The van der Waals surface area contributed by atoms with E-state index >= 15 is 0 Å². The fourth-order valence-electron chi connectivity index (χ4n) is 3.58. The number of hydrogen-bond donors (Lipinski definition) is 1. The summed E-state index contributed by atoms with van der Waals surface area (Å²) >= 11 is 7.84. The van der Waals surface area contributed by atoms with E-state index in [4.69, 9.17) is 11.6 Å². The van der Waals surface area contributed by atoms with Crippen LogP contribution in [0.25, 0.3) is 0 Å². The van der Waals surface area contributed by atoms with Gasteiger partial charge in [0.15, 0.2) is 0 Å². The van der Waals surface area contributed by atoms with E-state index in [1.807, 2.05) is 55.5 Å². The number of amides is 2. The van der Waals surface area contributed by atoms with Gasteiger partial charge in [-0.2, -0.15) is 0 Å². The first-order valence-electron chi connectivity index (χ1n) is 11.1. The van der Waals surface area contributed by atoms with Crippen molar-refractivity contribution in [3.05, 3.63) is 106 Å². The number of nitrogens with one attached hydrogen (secondary N) is 1. The summed E-state index contributed by atoms with van der Waals surface area (Å²) in [5.41, 5.74) is 2.68. The van der Waals surface area contributed by atoms with Gasteiger partial charge in [-0.15, -0.1) is 11.8 Å². The predicted octanol–water partition coefficient (Wildman–Crippen LogP) is 5.49. The van der Waals surface area contributed by atoms with Crippen LogP contribution in [0.2, 0.25) is 5.02 Å². The normalized spacial score (nSPS) is 11.6. The lowest BCUT2D eigenvalue weighted by molar-refractivity contribution is -0.139. The van der Waals surface area contributed by atoms with Crippen molar-refractivity contribution in [3.8, 4) is 0 Å². The van der Waals surface area contributed by atoms with Gasteiger partial charge in [-0.05, 0) is 41.8 Å². The quantitative estimate of drug-likeness (QED) is 0.380. The van der Waals surface area contributed by atoms with E-state index in [1.165, 1.54) is 23.9 Å². The fraction of sp³-hybridized carbons (Fsp3) is 0.259. The van der Waals surface area contributed by atoms with E-state index < -0.39 is 6.04 Å². The van der Waals surface area contributed by atoms with Crippen LogP contribution in [0.4, 0.5) is 4.39 Å². The van der Waals surface area contributed by atoms with Crippen molar-refractivity contribution in [2.75, 3.05) is 12.3 Å². The van der Waals surface area contributed by atoms with Gasteiger partial charge in [-0.25, -0.2) is 4.39 Å². The molecule has 7 heteroatoms. The lowest BCUT2D eigenvalue weighted by atomic mass is 10.0. The van der Waals surface area contributed by atoms with Crippen LogP contribution in [0.3, 0.4) is 0 Å². The summed E-state index contributed by atoms with van der Waals surface area (Å²) in [4.78, 5) is 28.2. The highest BCUT2D eigenvalue weighted by Crippen LogP contribution is 2.22. The van der Waals surface area contributed by atoms with Crippen LogP contribution in [0.15, 0.2) is 78.9 Å². The Morgan fingerprint density at radius 1 is 0.971 bits per heavy atom. The average molecular weight is 499 g/mol. The Morgan fingerprint density at radius 3 is 2.32 bits per heavy atom. The van der Waals surface area contributed by atoms with Crippen molar-refractivity contribution >= 4 is 35.2 Å². The summed E-state index contributed by atoms with van der Waals surface area (Å²) < 4.78 is 13.2. The van der Waals surface area contributed by atoms with Gasteiger partial charge in [0.05, 0.1) is 5.75 Å². The Hall–Kier alpha value is -2.83. The molecule has 2 amide bonds. The maximum absolute atomic E-state index is 13.5. The zero-order chi connectivity index (χ0) is 24.3. The van der Waals surface area contributed by atoms with Gasteiger partial charge in [0.1, 0.15) is 11.9 Å². The molecule has 0 saturated heterocycles. The van der Waals surface area contributed by atoms with Crippen molar-refractivity contribution in [1.82, 2.24) is 10.2 Å².